The van der Waals surface area contributed by atoms with E-state index in [0.29, 0.717) is 15.5 Å². The van der Waals surface area contributed by atoms with E-state index in [1.54, 1.807) is 0 Å². The second-order valence-corrected chi connectivity index (χ2v) is 10.2. The number of unbranched alkanes of at least 4 members (excludes halogenated alkanes) is 10. The summed E-state index contributed by atoms with van der Waals surface area (Å²) < 4.78 is 3.05. The predicted octanol–water partition coefficient (Wildman–Crippen LogP) is 6.89. The van der Waals surface area contributed by atoms with Crippen molar-refractivity contribution >= 4 is 55.8 Å². The van der Waals surface area contributed by atoms with E-state index in [1.807, 2.05) is 16.7 Å². The first-order valence-electron chi connectivity index (χ1n) is 11.9. The van der Waals surface area contributed by atoms with Crippen LogP contribution in [0.25, 0.3) is 6.08 Å². The Bertz CT molecular complexity index is 788. The van der Waals surface area contributed by atoms with Gasteiger partial charge >= 0.3 is 0 Å². The summed E-state index contributed by atoms with van der Waals surface area (Å²) in [5.74, 6) is 0. The molecule has 2 rings (SSSR count). The van der Waals surface area contributed by atoms with E-state index in [1.165, 1.54) is 57.8 Å². The largest absolute Gasteiger partial charge is 0.308 e. The fourth-order valence-electron chi connectivity index (χ4n) is 4.29. The Hall–Kier alpha value is -0.615. The van der Waals surface area contributed by atoms with Crippen LogP contribution in [0.5, 0.6) is 0 Å². The van der Waals surface area contributed by atoms with Crippen LogP contribution in [0.3, 0.4) is 0 Å². The fraction of sp³-hybridized carbons (Fsp3) is 0.667. The molecule has 0 spiro atoms. The molecular weight excluding hydrogens is 505 g/mol. The minimum Gasteiger partial charge on any atom is -0.308 e. The third-order valence-electron chi connectivity index (χ3n) is 6.09. The number of hydrogen-bond donors (Lipinski definition) is 0. The van der Waals surface area contributed by atoms with Gasteiger partial charge in [0.05, 0.1) is 8.96 Å². The number of nitrogens with zero attached hydrogens (tertiary/aromatic N) is 1. The van der Waals surface area contributed by atoms with Crippen molar-refractivity contribution in [2.24, 2.45) is 0 Å². The van der Waals surface area contributed by atoms with Crippen molar-refractivity contribution in [3.8, 4) is 0 Å². The lowest BCUT2D eigenvalue weighted by Gasteiger charge is -2.24. The number of rotatable bonds is 14. The molecule has 0 bridgehead atoms. The Morgan fingerprint density at radius 3 is 2.03 bits per heavy atom. The maximum absolute atomic E-state index is 12.9. The number of hydrogen-bond acceptors (Lipinski definition) is 2. The van der Waals surface area contributed by atoms with Crippen LogP contribution < -0.4 is 11.0 Å². The first-order valence-corrected chi connectivity index (χ1v) is 13.4. The van der Waals surface area contributed by atoms with Crippen molar-refractivity contribution in [3.63, 3.8) is 0 Å². The van der Waals surface area contributed by atoms with Gasteiger partial charge in [-0.3, -0.25) is 4.79 Å². The summed E-state index contributed by atoms with van der Waals surface area (Å²) in [6.07, 6.45) is 17.1. The molecule has 2 heterocycles. The average molecular weight is 541 g/mol. The molecule has 0 radical (unpaired) electrons. The van der Waals surface area contributed by atoms with Crippen molar-refractivity contribution in [2.75, 3.05) is 0 Å². The monoisotopic (exact) mass is 539 g/mol. The summed E-state index contributed by atoms with van der Waals surface area (Å²) in [4.78, 5) is 25.8. The lowest BCUT2D eigenvalue weighted by Crippen LogP contribution is -2.46. The van der Waals surface area contributed by atoms with Gasteiger partial charge in [0.25, 0.3) is 12.3 Å². The lowest BCUT2D eigenvalue weighted by atomic mass is 9.37. The van der Waals surface area contributed by atoms with Gasteiger partial charge < -0.3 is 9.36 Å². The van der Waals surface area contributed by atoms with Crippen LogP contribution in [0.1, 0.15) is 96.6 Å². The first-order chi connectivity index (χ1) is 14.5. The number of pyridine rings is 1. The molecule has 0 saturated heterocycles. The SMILES string of the molecule is CCCCCCCCB1C(=O)C(Br)=Cc2c1cc(Br)c(=O)n2CCCCCCCC. The average Bonchev–Trinajstić information content (AvgIpc) is 2.73. The zero-order valence-corrected chi connectivity index (χ0v) is 21.8. The summed E-state index contributed by atoms with van der Waals surface area (Å²) in [6.45, 7) is 5.00. The Kier molecular flexibility index (Phi) is 11.7. The summed E-state index contributed by atoms with van der Waals surface area (Å²) in [5, 5.41) is 0. The Labute approximate surface area is 199 Å². The number of allylic oxidation sites excluding steroid dienone is 1. The van der Waals surface area contributed by atoms with Gasteiger partial charge in [-0.05, 0) is 55.9 Å². The van der Waals surface area contributed by atoms with E-state index in [9.17, 15) is 9.59 Å². The molecule has 0 amide bonds. The maximum atomic E-state index is 12.9. The second-order valence-electron chi connectivity index (χ2n) is 8.52. The Morgan fingerprint density at radius 2 is 1.40 bits per heavy atom. The van der Waals surface area contributed by atoms with E-state index in [-0.39, 0.29) is 18.0 Å². The molecule has 0 aromatic carbocycles. The van der Waals surface area contributed by atoms with Crippen LogP contribution in [0.15, 0.2) is 19.8 Å². The molecule has 30 heavy (non-hydrogen) atoms. The third kappa shape index (κ3) is 7.22. The standard InChI is InChI=1S/C24H36BBr2NO2/c1-3-5-7-9-11-13-15-25-19-17-21(27)24(30)28(16-14-12-10-8-6-4-2)22(19)18-20(26)23(25)29/h17-18H,3-16H2,1-2H3. The molecule has 0 saturated carbocycles. The van der Waals surface area contributed by atoms with Gasteiger partial charge in [0, 0.05) is 12.2 Å². The number of aromatic nitrogens is 1. The lowest BCUT2D eigenvalue weighted by molar-refractivity contribution is -0.108. The van der Waals surface area contributed by atoms with E-state index in [2.05, 4.69) is 45.7 Å². The van der Waals surface area contributed by atoms with Gasteiger partial charge in [0.1, 0.15) is 5.68 Å². The highest BCUT2D eigenvalue weighted by Gasteiger charge is 2.34. The molecule has 1 aromatic heterocycles. The minimum absolute atomic E-state index is 0.00604. The third-order valence-corrected chi connectivity index (χ3v) is 7.28. The molecule has 1 aromatic rings. The number of carbonyl (C=O) groups excluding carboxylic acids is 1. The highest BCUT2D eigenvalue weighted by Crippen LogP contribution is 2.24. The zero-order chi connectivity index (χ0) is 21.9. The van der Waals surface area contributed by atoms with Crippen molar-refractivity contribution in [2.45, 2.75) is 104 Å². The highest BCUT2D eigenvalue weighted by atomic mass is 79.9. The van der Waals surface area contributed by atoms with Crippen molar-refractivity contribution < 1.29 is 4.79 Å². The van der Waals surface area contributed by atoms with Crippen LogP contribution in [0.2, 0.25) is 6.32 Å². The van der Waals surface area contributed by atoms with Gasteiger partial charge in [-0.2, -0.15) is 0 Å². The van der Waals surface area contributed by atoms with E-state index in [0.717, 1.165) is 36.7 Å². The molecule has 0 atom stereocenters. The normalized spacial score (nSPS) is 13.5. The van der Waals surface area contributed by atoms with Crippen molar-refractivity contribution in [3.05, 3.63) is 31.1 Å². The summed E-state index contributed by atoms with van der Waals surface area (Å²) in [6, 6.07) is 1.89. The first kappa shape index (κ1) is 25.6. The van der Waals surface area contributed by atoms with E-state index in [4.69, 9.17) is 0 Å². The van der Waals surface area contributed by atoms with Crippen LogP contribution >= 0.6 is 31.9 Å². The van der Waals surface area contributed by atoms with Gasteiger partial charge in [-0.25, -0.2) is 0 Å². The number of fused-ring (bicyclic) bond motifs is 1. The van der Waals surface area contributed by atoms with Crippen LogP contribution in [-0.4, -0.2) is 17.0 Å². The molecule has 0 N–H and O–H groups in total. The molecule has 166 valence electrons. The van der Waals surface area contributed by atoms with Crippen LogP contribution in [0.4, 0.5) is 0 Å². The molecule has 0 fully saturated rings. The molecule has 0 unspecified atom stereocenters. The number of halogens is 2. The summed E-state index contributed by atoms with van der Waals surface area (Å²) >= 11 is 6.94. The Balaban J connectivity index is 2.13. The smallest absolute Gasteiger partial charge is 0.265 e. The second kappa shape index (κ2) is 13.7. The molecule has 1 aliphatic rings. The summed E-state index contributed by atoms with van der Waals surface area (Å²) in [5.41, 5.74) is 2.08. The van der Waals surface area contributed by atoms with Crippen molar-refractivity contribution in [1.29, 1.82) is 0 Å². The molecule has 1 aliphatic heterocycles. The van der Waals surface area contributed by atoms with E-state index < -0.39 is 0 Å². The maximum Gasteiger partial charge on any atom is 0.265 e. The van der Waals surface area contributed by atoms with Gasteiger partial charge in [-0.15, -0.1) is 0 Å². The van der Waals surface area contributed by atoms with Gasteiger partial charge in [0.2, 0.25) is 0 Å². The zero-order valence-electron chi connectivity index (χ0n) is 18.7. The van der Waals surface area contributed by atoms with Crippen LogP contribution in [0, 0.1) is 0 Å². The topological polar surface area (TPSA) is 39.1 Å². The molecule has 0 aliphatic carbocycles. The predicted molar refractivity (Wildman–Crippen MR) is 137 cm³/mol. The molecule has 3 nitrogen and oxygen atoms in total. The fourth-order valence-corrected chi connectivity index (χ4v) is 5.25. The quantitative estimate of drug-likeness (QED) is 0.190. The van der Waals surface area contributed by atoms with Gasteiger partial charge in [-0.1, -0.05) is 90.8 Å². The minimum atomic E-state index is -0.154. The van der Waals surface area contributed by atoms with E-state index >= 15 is 0 Å². The highest BCUT2D eigenvalue weighted by molar-refractivity contribution is 9.12. The number of carbonyl (C=O) groups is 1. The molecular formula is C24H36BBr2NO2. The Morgan fingerprint density at radius 1 is 0.833 bits per heavy atom. The van der Waals surface area contributed by atoms with Gasteiger partial charge in [0.15, 0.2) is 0 Å². The van der Waals surface area contributed by atoms with Crippen LogP contribution in [-0.2, 0) is 11.3 Å². The summed E-state index contributed by atoms with van der Waals surface area (Å²) in [7, 11) is 0. The van der Waals surface area contributed by atoms with Crippen molar-refractivity contribution in [1.82, 2.24) is 4.57 Å². The molecule has 6 heteroatoms.